The van der Waals surface area contributed by atoms with Gasteiger partial charge >= 0.3 is 5.97 Å². The average molecular weight is 359 g/mol. The van der Waals surface area contributed by atoms with Gasteiger partial charge in [0, 0.05) is 11.6 Å². The number of esters is 1. The summed E-state index contributed by atoms with van der Waals surface area (Å²) >= 11 is 0. The van der Waals surface area contributed by atoms with Gasteiger partial charge in [-0.2, -0.15) is 0 Å². The Bertz CT molecular complexity index is 1210. The number of aryl methyl sites for hydroxylation is 1. The van der Waals surface area contributed by atoms with Crippen LogP contribution in [0.5, 0.6) is 0 Å². The lowest BCUT2D eigenvalue weighted by Crippen LogP contribution is -2.15. The van der Waals surface area contributed by atoms with Gasteiger partial charge in [0.05, 0.1) is 22.8 Å². The van der Waals surface area contributed by atoms with E-state index >= 15 is 0 Å². The average Bonchev–Trinajstić information content (AvgIpc) is 2.68. The number of hydrogen-bond donors (Lipinski definition) is 1. The molecule has 1 N–H and O–H groups in total. The van der Waals surface area contributed by atoms with E-state index in [-0.39, 0.29) is 18.6 Å². The Morgan fingerprint density at radius 3 is 2.78 bits per heavy atom. The summed E-state index contributed by atoms with van der Waals surface area (Å²) in [5.41, 5.74) is 2.85. The van der Waals surface area contributed by atoms with Crippen LogP contribution in [-0.4, -0.2) is 20.9 Å². The number of rotatable bonds is 4. The van der Waals surface area contributed by atoms with E-state index < -0.39 is 5.97 Å². The highest BCUT2D eigenvalue weighted by Gasteiger charge is 2.11. The summed E-state index contributed by atoms with van der Waals surface area (Å²) in [6, 6.07) is 14.9. The molecule has 6 nitrogen and oxygen atoms in total. The molecule has 0 bridgehead atoms. The molecule has 0 saturated heterocycles. The van der Waals surface area contributed by atoms with Gasteiger partial charge < -0.3 is 9.72 Å². The number of H-pyrrole nitrogens is 1. The number of hydrogen-bond acceptors (Lipinski definition) is 5. The minimum absolute atomic E-state index is 0.0868. The van der Waals surface area contributed by atoms with E-state index in [0.29, 0.717) is 16.7 Å². The number of nitrogens with one attached hydrogen (secondary N) is 1. The quantitative estimate of drug-likeness (QED) is 0.566. The molecule has 0 fully saturated rings. The third-order valence-electron chi connectivity index (χ3n) is 4.41. The molecule has 0 radical (unpaired) electrons. The molecular weight excluding hydrogens is 342 g/mol. The summed E-state index contributed by atoms with van der Waals surface area (Å²) < 4.78 is 5.33. The molecule has 0 spiro atoms. The van der Waals surface area contributed by atoms with E-state index in [1.54, 1.807) is 12.3 Å². The highest BCUT2D eigenvalue weighted by Crippen LogP contribution is 2.17. The molecule has 0 aliphatic carbocycles. The molecule has 0 unspecified atom stereocenters. The van der Waals surface area contributed by atoms with Crippen molar-refractivity contribution in [3.8, 4) is 0 Å². The van der Waals surface area contributed by atoms with Crippen LogP contribution in [0.4, 0.5) is 0 Å². The molecular formula is C21H17N3O3. The first kappa shape index (κ1) is 16.9. The zero-order valence-corrected chi connectivity index (χ0v) is 14.7. The van der Waals surface area contributed by atoms with Crippen molar-refractivity contribution in [1.29, 1.82) is 0 Å². The first-order valence-electron chi connectivity index (χ1n) is 8.58. The van der Waals surface area contributed by atoms with Gasteiger partial charge in [-0.05, 0) is 30.2 Å². The van der Waals surface area contributed by atoms with Crippen LogP contribution in [0.15, 0.2) is 59.5 Å². The number of aromatic nitrogens is 3. The van der Waals surface area contributed by atoms with Gasteiger partial charge in [-0.1, -0.05) is 36.4 Å². The minimum atomic E-state index is -0.402. The fourth-order valence-corrected chi connectivity index (χ4v) is 3.09. The number of para-hydroxylation sites is 2. The second-order valence-electron chi connectivity index (χ2n) is 6.31. The minimum Gasteiger partial charge on any atom is -0.457 e. The van der Waals surface area contributed by atoms with Crippen molar-refractivity contribution >= 4 is 27.8 Å². The van der Waals surface area contributed by atoms with E-state index in [4.69, 9.17) is 4.74 Å². The van der Waals surface area contributed by atoms with Gasteiger partial charge in [0.15, 0.2) is 0 Å². The second-order valence-corrected chi connectivity index (χ2v) is 6.31. The highest BCUT2D eigenvalue weighted by atomic mass is 16.5. The van der Waals surface area contributed by atoms with E-state index in [0.717, 1.165) is 22.0 Å². The van der Waals surface area contributed by atoms with Gasteiger partial charge in [-0.25, -0.2) is 4.98 Å². The number of carbonyl (C=O) groups is 1. The fourth-order valence-electron chi connectivity index (χ4n) is 3.09. The Morgan fingerprint density at radius 2 is 1.89 bits per heavy atom. The van der Waals surface area contributed by atoms with Crippen LogP contribution < -0.4 is 5.56 Å². The maximum atomic E-state index is 12.3. The molecule has 2 heterocycles. The summed E-state index contributed by atoms with van der Waals surface area (Å²) in [6.45, 7) is 1.80. The van der Waals surface area contributed by atoms with Crippen molar-refractivity contribution in [2.24, 2.45) is 0 Å². The van der Waals surface area contributed by atoms with Crippen LogP contribution in [0.3, 0.4) is 0 Å². The third-order valence-corrected chi connectivity index (χ3v) is 4.41. The van der Waals surface area contributed by atoms with Crippen molar-refractivity contribution in [1.82, 2.24) is 15.0 Å². The zero-order chi connectivity index (χ0) is 18.8. The Balaban J connectivity index is 1.52. The van der Waals surface area contributed by atoms with E-state index in [9.17, 15) is 9.59 Å². The van der Waals surface area contributed by atoms with Crippen LogP contribution >= 0.6 is 0 Å². The predicted octanol–water partition coefficient (Wildman–Crippen LogP) is 3.07. The standard InChI is InChI=1S/C21H17N3O3/c1-13-5-2-9-16-19(13)23-17(24-21(16)26)12-27-18(25)11-15-7-3-6-14-8-4-10-22-20(14)15/h2-10H,11-12H2,1H3,(H,23,24,26). The molecule has 6 heteroatoms. The molecule has 2 aromatic heterocycles. The van der Waals surface area contributed by atoms with Gasteiger partial charge in [-0.3, -0.25) is 14.6 Å². The van der Waals surface area contributed by atoms with E-state index in [1.807, 2.05) is 49.4 Å². The number of carbonyl (C=O) groups excluding carboxylic acids is 1. The van der Waals surface area contributed by atoms with Gasteiger partial charge in [0.1, 0.15) is 12.4 Å². The maximum Gasteiger partial charge on any atom is 0.310 e. The maximum absolute atomic E-state index is 12.3. The predicted molar refractivity (Wildman–Crippen MR) is 102 cm³/mol. The molecule has 0 atom stereocenters. The summed E-state index contributed by atoms with van der Waals surface area (Å²) in [7, 11) is 0. The molecule has 0 saturated carbocycles. The number of aromatic amines is 1. The van der Waals surface area contributed by atoms with Gasteiger partial charge in [0.25, 0.3) is 5.56 Å². The number of ether oxygens (including phenoxy) is 1. The molecule has 2 aromatic carbocycles. The number of nitrogens with zero attached hydrogens (tertiary/aromatic N) is 2. The lowest BCUT2D eigenvalue weighted by molar-refractivity contribution is -0.144. The van der Waals surface area contributed by atoms with Gasteiger partial charge in [0.2, 0.25) is 0 Å². The van der Waals surface area contributed by atoms with Crippen LogP contribution in [0.2, 0.25) is 0 Å². The second kappa shape index (κ2) is 6.99. The number of fused-ring (bicyclic) bond motifs is 2. The smallest absolute Gasteiger partial charge is 0.310 e. The van der Waals surface area contributed by atoms with Crippen molar-refractivity contribution in [2.75, 3.05) is 0 Å². The topological polar surface area (TPSA) is 84.9 Å². The normalized spacial score (nSPS) is 11.0. The largest absolute Gasteiger partial charge is 0.457 e. The van der Waals surface area contributed by atoms with Crippen LogP contribution in [-0.2, 0) is 22.6 Å². The van der Waals surface area contributed by atoms with E-state index in [1.165, 1.54) is 0 Å². The number of pyridine rings is 1. The van der Waals surface area contributed by atoms with Crippen LogP contribution in [0.25, 0.3) is 21.8 Å². The van der Waals surface area contributed by atoms with Gasteiger partial charge in [-0.15, -0.1) is 0 Å². The van der Waals surface area contributed by atoms with E-state index in [2.05, 4.69) is 15.0 Å². The highest BCUT2D eigenvalue weighted by molar-refractivity contribution is 5.85. The third kappa shape index (κ3) is 3.42. The lowest BCUT2D eigenvalue weighted by Gasteiger charge is -2.08. The SMILES string of the molecule is Cc1cccc2c(=O)[nH]c(COC(=O)Cc3cccc4cccnc34)nc12. The molecule has 4 rings (SSSR count). The monoisotopic (exact) mass is 359 g/mol. The fraction of sp³-hybridized carbons (Fsp3) is 0.143. The zero-order valence-electron chi connectivity index (χ0n) is 14.7. The summed E-state index contributed by atoms with van der Waals surface area (Å²) in [5.74, 6) is -0.0770. The Kier molecular flexibility index (Phi) is 4.38. The number of benzene rings is 2. The van der Waals surface area contributed by atoms with Crippen molar-refractivity contribution < 1.29 is 9.53 Å². The molecule has 0 amide bonds. The van der Waals surface area contributed by atoms with Crippen molar-refractivity contribution in [3.63, 3.8) is 0 Å². The Hall–Kier alpha value is -3.54. The summed E-state index contributed by atoms with van der Waals surface area (Å²) in [6.07, 6.45) is 1.80. The Labute approximate surface area is 154 Å². The summed E-state index contributed by atoms with van der Waals surface area (Å²) in [4.78, 5) is 35.9. The van der Waals surface area contributed by atoms with Crippen molar-refractivity contribution in [2.45, 2.75) is 20.0 Å². The molecule has 134 valence electrons. The van der Waals surface area contributed by atoms with Crippen LogP contribution in [0.1, 0.15) is 17.0 Å². The lowest BCUT2D eigenvalue weighted by atomic mass is 10.1. The van der Waals surface area contributed by atoms with Crippen LogP contribution in [0, 0.1) is 6.92 Å². The molecule has 27 heavy (non-hydrogen) atoms. The Morgan fingerprint density at radius 1 is 1.07 bits per heavy atom. The first-order chi connectivity index (χ1) is 13.1. The molecule has 4 aromatic rings. The first-order valence-corrected chi connectivity index (χ1v) is 8.58. The molecule has 0 aliphatic rings. The summed E-state index contributed by atoms with van der Waals surface area (Å²) in [5, 5.41) is 1.49. The van der Waals surface area contributed by atoms with Crippen molar-refractivity contribution in [3.05, 3.63) is 82.0 Å². The molecule has 0 aliphatic heterocycles.